The maximum atomic E-state index is 12.1. The van der Waals surface area contributed by atoms with Crippen LogP contribution in [0.3, 0.4) is 0 Å². The van der Waals surface area contributed by atoms with E-state index in [4.69, 9.17) is 16.0 Å². The zero-order valence-corrected chi connectivity index (χ0v) is 18.6. The molecule has 0 saturated carbocycles. The highest BCUT2D eigenvalue weighted by Crippen LogP contribution is 2.25. The quantitative estimate of drug-likeness (QED) is 0.413. The van der Waals surface area contributed by atoms with E-state index < -0.39 is 12.0 Å². The first-order valence-corrected chi connectivity index (χ1v) is 11.0. The number of aliphatic carboxylic acids is 1. The lowest BCUT2D eigenvalue weighted by atomic mass is 10.0. The molecule has 0 radical (unpaired) electrons. The molecule has 2 aromatic heterocycles. The van der Waals surface area contributed by atoms with Gasteiger partial charge in [-0.15, -0.1) is 0 Å². The van der Waals surface area contributed by atoms with E-state index in [0.29, 0.717) is 27.1 Å². The molecule has 1 atom stereocenters. The fourth-order valence-electron chi connectivity index (χ4n) is 3.97. The lowest BCUT2D eigenvalue weighted by Crippen LogP contribution is -2.37. The van der Waals surface area contributed by atoms with Crippen molar-refractivity contribution >= 4 is 39.4 Å². The monoisotopic (exact) mass is 455 g/mol. The van der Waals surface area contributed by atoms with Gasteiger partial charge in [0.15, 0.2) is 0 Å². The fraction of sp³-hybridized carbons (Fsp3) is 0.111. The first-order valence-electron chi connectivity index (χ1n) is 10.6. The number of rotatable bonds is 5. The van der Waals surface area contributed by atoms with E-state index in [9.17, 15) is 9.90 Å². The Labute approximate surface area is 195 Å². The van der Waals surface area contributed by atoms with Gasteiger partial charge in [0, 0.05) is 45.6 Å². The zero-order chi connectivity index (χ0) is 22.9. The fourth-order valence-corrected chi connectivity index (χ4v) is 4.14. The molecule has 0 aliphatic heterocycles. The standard InChI is InChI=1S/C27H21ClN2O3/c1-16-6-8-17(9-7-16)26-14-23(21-13-19(28)10-11-25(21)33-26)30-24(27(31)32)12-18-15-29-22-5-3-2-4-20(18)22/h2-11,13-15,24,29H,12H2,1H3,(H,31,32)/p-1. The lowest BCUT2D eigenvalue weighted by Gasteiger charge is -2.14. The normalized spacial score (nSPS) is 13.0. The van der Waals surface area contributed by atoms with Crippen LogP contribution >= 0.6 is 11.6 Å². The summed E-state index contributed by atoms with van der Waals surface area (Å²) in [6, 6.07) is 21.6. The van der Waals surface area contributed by atoms with Crippen LogP contribution < -0.4 is 10.5 Å². The third-order valence-electron chi connectivity index (χ3n) is 5.70. The van der Waals surface area contributed by atoms with Crippen LogP contribution in [0.4, 0.5) is 0 Å². The van der Waals surface area contributed by atoms with E-state index in [0.717, 1.165) is 27.6 Å². The second-order valence-electron chi connectivity index (χ2n) is 8.03. The highest BCUT2D eigenvalue weighted by molar-refractivity contribution is 6.31. The maximum Gasteiger partial charge on any atom is 0.136 e. The Morgan fingerprint density at radius 2 is 1.85 bits per heavy atom. The summed E-state index contributed by atoms with van der Waals surface area (Å²) in [5.74, 6) is -0.652. The number of para-hydroxylation sites is 1. The van der Waals surface area contributed by atoms with Crippen LogP contribution in [0.1, 0.15) is 11.1 Å². The van der Waals surface area contributed by atoms with Crippen LogP contribution in [0.25, 0.3) is 33.2 Å². The van der Waals surface area contributed by atoms with E-state index >= 15 is 0 Å². The Balaban J connectivity index is 1.66. The molecule has 0 saturated heterocycles. The van der Waals surface area contributed by atoms with Crippen molar-refractivity contribution in [2.24, 2.45) is 4.99 Å². The molecule has 5 aromatic rings. The summed E-state index contributed by atoms with van der Waals surface area (Å²) in [4.78, 5) is 19.9. The first kappa shape index (κ1) is 21.0. The molecule has 0 bridgehead atoms. The van der Waals surface area contributed by atoms with Crippen molar-refractivity contribution in [3.05, 3.63) is 101 Å². The molecule has 1 N–H and O–H groups in total. The van der Waals surface area contributed by atoms with Crippen LogP contribution in [-0.2, 0) is 11.2 Å². The second-order valence-corrected chi connectivity index (χ2v) is 8.47. The van der Waals surface area contributed by atoms with Crippen molar-refractivity contribution in [3.63, 3.8) is 0 Å². The molecule has 33 heavy (non-hydrogen) atoms. The second kappa shape index (κ2) is 8.60. The van der Waals surface area contributed by atoms with Crippen LogP contribution in [0, 0.1) is 6.92 Å². The van der Waals surface area contributed by atoms with Gasteiger partial charge in [-0.2, -0.15) is 0 Å². The zero-order valence-electron chi connectivity index (χ0n) is 17.8. The molecule has 0 spiro atoms. The summed E-state index contributed by atoms with van der Waals surface area (Å²) in [5.41, 5.74) is 4.38. The number of carbonyl (C=O) groups is 1. The molecule has 0 fully saturated rings. The summed E-state index contributed by atoms with van der Waals surface area (Å²) in [7, 11) is 0. The van der Waals surface area contributed by atoms with Gasteiger partial charge < -0.3 is 19.3 Å². The number of nitrogens with one attached hydrogen (secondary N) is 1. The van der Waals surface area contributed by atoms with Crippen LogP contribution in [0.15, 0.2) is 88.4 Å². The van der Waals surface area contributed by atoms with E-state index in [2.05, 4.69) is 9.98 Å². The van der Waals surface area contributed by atoms with E-state index in [1.165, 1.54) is 0 Å². The average molecular weight is 456 g/mol. The summed E-state index contributed by atoms with van der Waals surface area (Å²) >= 11 is 6.23. The van der Waals surface area contributed by atoms with E-state index in [-0.39, 0.29) is 6.42 Å². The van der Waals surface area contributed by atoms with Gasteiger partial charge in [0.1, 0.15) is 11.3 Å². The topological polar surface area (TPSA) is 81.4 Å². The third-order valence-corrected chi connectivity index (χ3v) is 5.93. The number of hydrogen-bond donors (Lipinski definition) is 1. The molecule has 0 amide bonds. The van der Waals surface area contributed by atoms with Crippen molar-refractivity contribution in [2.75, 3.05) is 0 Å². The van der Waals surface area contributed by atoms with Crippen LogP contribution in [0.5, 0.6) is 0 Å². The number of aromatic nitrogens is 1. The number of nitrogens with zero attached hydrogens (tertiary/aromatic N) is 1. The Hall–Kier alpha value is -3.83. The van der Waals surface area contributed by atoms with Crippen molar-refractivity contribution in [2.45, 2.75) is 19.4 Å². The first-order chi connectivity index (χ1) is 16.0. The van der Waals surface area contributed by atoms with Gasteiger partial charge in [-0.25, -0.2) is 0 Å². The number of benzene rings is 3. The smallest absolute Gasteiger partial charge is 0.136 e. The van der Waals surface area contributed by atoms with E-state index in [1.54, 1.807) is 24.3 Å². The molecule has 0 aliphatic carbocycles. The molecule has 1 unspecified atom stereocenters. The van der Waals surface area contributed by atoms with Gasteiger partial charge in [-0.1, -0.05) is 59.6 Å². The highest BCUT2D eigenvalue weighted by Gasteiger charge is 2.14. The SMILES string of the molecule is Cc1ccc(-c2cc(=NC(Cc3c[nH]c4ccccc34)C(=O)[O-])c3cc(Cl)ccc3o2)cc1. The summed E-state index contributed by atoms with van der Waals surface area (Å²) in [6.07, 6.45) is 2.02. The van der Waals surface area contributed by atoms with Gasteiger partial charge in [-0.3, -0.25) is 4.99 Å². The number of aryl methyl sites for hydroxylation is 1. The largest absolute Gasteiger partial charge is 0.548 e. The molecule has 0 aliphatic rings. The molecular formula is C27H20ClN2O3-. The van der Waals surface area contributed by atoms with Crippen molar-refractivity contribution in [3.8, 4) is 11.3 Å². The molecule has 2 heterocycles. The predicted octanol–water partition coefficient (Wildman–Crippen LogP) is 4.80. The minimum atomic E-state index is -1.24. The number of aromatic amines is 1. The molecule has 5 nitrogen and oxygen atoms in total. The van der Waals surface area contributed by atoms with Gasteiger partial charge in [0.05, 0.1) is 17.4 Å². The molecular weight excluding hydrogens is 436 g/mol. The van der Waals surface area contributed by atoms with Gasteiger partial charge in [-0.05, 0) is 36.8 Å². The Morgan fingerprint density at radius 3 is 2.64 bits per heavy atom. The summed E-state index contributed by atoms with van der Waals surface area (Å²) < 4.78 is 6.10. The molecule has 164 valence electrons. The highest BCUT2D eigenvalue weighted by atomic mass is 35.5. The van der Waals surface area contributed by atoms with Crippen LogP contribution in [-0.4, -0.2) is 17.0 Å². The van der Waals surface area contributed by atoms with Gasteiger partial charge >= 0.3 is 0 Å². The Morgan fingerprint density at radius 1 is 1.06 bits per heavy atom. The van der Waals surface area contributed by atoms with Crippen molar-refractivity contribution < 1.29 is 14.3 Å². The number of carboxylic acid groups (broad SMARTS) is 1. The Kier molecular flexibility index (Phi) is 5.48. The number of carboxylic acids is 1. The van der Waals surface area contributed by atoms with Crippen LogP contribution in [0.2, 0.25) is 5.02 Å². The Bertz CT molecular complexity index is 1550. The molecule has 6 heteroatoms. The average Bonchev–Trinajstić information content (AvgIpc) is 3.22. The molecule has 5 rings (SSSR count). The summed E-state index contributed by atoms with van der Waals surface area (Å²) in [6.45, 7) is 2.01. The third kappa shape index (κ3) is 4.28. The number of halogens is 1. The number of carbonyl (C=O) groups excluding carboxylic acids is 1. The summed E-state index contributed by atoms with van der Waals surface area (Å²) in [5, 5.41) is 14.7. The molecule has 3 aromatic carbocycles. The minimum Gasteiger partial charge on any atom is -0.548 e. The number of hydrogen-bond acceptors (Lipinski definition) is 4. The van der Waals surface area contributed by atoms with E-state index in [1.807, 2.05) is 61.7 Å². The van der Waals surface area contributed by atoms with Crippen molar-refractivity contribution in [1.82, 2.24) is 4.98 Å². The lowest BCUT2D eigenvalue weighted by molar-refractivity contribution is -0.307. The van der Waals surface area contributed by atoms with Crippen molar-refractivity contribution in [1.29, 1.82) is 0 Å². The maximum absolute atomic E-state index is 12.1. The number of H-pyrrole nitrogens is 1. The van der Waals surface area contributed by atoms with Gasteiger partial charge in [0.2, 0.25) is 0 Å². The minimum absolute atomic E-state index is 0.195. The number of fused-ring (bicyclic) bond motifs is 2. The predicted molar refractivity (Wildman–Crippen MR) is 128 cm³/mol. The van der Waals surface area contributed by atoms with Gasteiger partial charge in [0.25, 0.3) is 0 Å².